The lowest BCUT2D eigenvalue weighted by Gasteiger charge is -2.32. The lowest BCUT2D eigenvalue weighted by Crippen LogP contribution is -2.44. The summed E-state index contributed by atoms with van der Waals surface area (Å²) in [5.74, 6) is 0.428. The zero-order valence-electron chi connectivity index (χ0n) is 12.0. The molecule has 1 aliphatic rings. The van der Waals surface area contributed by atoms with Crippen molar-refractivity contribution in [2.24, 2.45) is 0 Å². The van der Waals surface area contributed by atoms with E-state index in [2.05, 4.69) is 10.2 Å². The van der Waals surface area contributed by atoms with Crippen molar-refractivity contribution in [3.63, 3.8) is 0 Å². The Balaban J connectivity index is 1.68. The predicted molar refractivity (Wildman–Crippen MR) is 83.0 cm³/mol. The fourth-order valence-electron chi connectivity index (χ4n) is 2.54. The monoisotopic (exact) mass is 317 g/mol. The van der Waals surface area contributed by atoms with E-state index < -0.39 is 0 Å². The van der Waals surface area contributed by atoms with Gasteiger partial charge >= 0.3 is 0 Å². The molecule has 22 heavy (non-hydrogen) atoms. The Hall–Kier alpha value is -2.14. The van der Waals surface area contributed by atoms with Crippen LogP contribution in [0.4, 0.5) is 0 Å². The molecule has 1 atom stereocenters. The second kappa shape index (κ2) is 6.75. The molecule has 1 saturated heterocycles. The normalized spacial score (nSPS) is 18.0. The van der Waals surface area contributed by atoms with Crippen molar-refractivity contribution in [2.45, 2.75) is 18.9 Å². The van der Waals surface area contributed by atoms with E-state index in [9.17, 15) is 4.79 Å². The van der Waals surface area contributed by atoms with Gasteiger partial charge < -0.3 is 9.64 Å². The molecule has 1 fully saturated rings. The number of carbonyl (C=O) groups is 1. The van der Waals surface area contributed by atoms with Gasteiger partial charge in [0.1, 0.15) is 6.10 Å². The van der Waals surface area contributed by atoms with Gasteiger partial charge in [-0.05, 0) is 31.0 Å². The van der Waals surface area contributed by atoms with Crippen LogP contribution in [0.5, 0.6) is 5.88 Å². The number of hydrogen-bond acceptors (Lipinski definition) is 4. The summed E-state index contributed by atoms with van der Waals surface area (Å²) in [6, 6.07) is 10.6. The first-order valence-corrected chi connectivity index (χ1v) is 7.60. The SMILES string of the molecule is O=C(c1ccccc1Cl)N1CCCC(Oc2cccnn2)C1. The topological polar surface area (TPSA) is 55.3 Å². The van der Waals surface area contributed by atoms with E-state index in [1.54, 1.807) is 35.4 Å². The molecule has 114 valence electrons. The van der Waals surface area contributed by atoms with Crippen LogP contribution in [0.15, 0.2) is 42.6 Å². The number of halogens is 1. The summed E-state index contributed by atoms with van der Waals surface area (Å²) in [6.45, 7) is 1.24. The molecule has 6 heteroatoms. The van der Waals surface area contributed by atoms with Crippen molar-refractivity contribution in [3.8, 4) is 5.88 Å². The summed E-state index contributed by atoms with van der Waals surface area (Å²) in [5, 5.41) is 8.19. The van der Waals surface area contributed by atoms with Crippen LogP contribution in [0.1, 0.15) is 23.2 Å². The van der Waals surface area contributed by atoms with E-state index in [4.69, 9.17) is 16.3 Å². The molecule has 5 nitrogen and oxygen atoms in total. The van der Waals surface area contributed by atoms with Gasteiger partial charge in [-0.2, -0.15) is 5.10 Å². The number of aromatic nitrogens is 2. The van der Waals surface area contributed by atoms with Crippen LogP contribution >= 0.6 is 11.6 Å². The number of nitrogens with zero attached hydrogens (tertiary/aromatic N) is 3. The highest BCUT2D eigenvalue weighted by Crippen LogP contribution is 2.21. The summed E-state index contributed by atoms with van der Waals surface area (Å²) < 4.78 is 5.80. The molecule has 3 rings (SSSR count). The summed E-state index contributed by atoms with van der Waals surface area (Å²) in [7, 11) is 0. The van der Waals surface area contributed by atoms with Crippen molar-refractivity contribution >= 4 is 17.5 Å². The average Bonchev–Trinajstić information content (AvgIpc) is 2.56. The van der Waals surface area contributed by atoms with E-state index in [-0.39, 0.29) is 12.0 Å². The van der Waals surface area contributed by atoms with Gasteiger partial charge in [-0.15, -0.1) is 5.10 Å². The van der Waals surface area contributed by atoms with Crippen LogP contribution in [-0.2, 0) is 0 Å². The minimum absolute atomic E-state index is 0.0574. The number of piperidine rings is 1. The number of carbonyl (C=O) groups excluding carboxylic acids is 1. The third-order valence-electron chi connectivity index (χ3n) is 3.60. The lowest BCUT2D eigenvalue weighted by atomic mass is 10.1. The van der Waals surface area contributed by atoms with Crippen molar-refractivity contribution in [1.82, 2.24) is 15.1 Å². The number of rotatable bonds is 3. The van der Waals surface area contributed by atoms with Gasteiger partial charge in [0.25, 0.3) is 5.91 Å². The average molecular weight is 318 g/mol. The Morgan fingerprint density at radius 3 is 2.91 bits per heavy atom. The molecule has 1 aromatic heterocycles. The molecule has 1 amide bonds. The molecule has 0 spiro atoms. The standard InChI is InChI=1S/C16H16ClN3O2/c17-14-7-2-1-6-13(14)16(21)20-10-4-5-12(11-20)22-15-8-3-9-18-19-15/h1-3,6-9,12H,4-5,10-11H2. The summed E-state index contributed by atoms with van der Waals surface area (Å²) >= 11 is 6.11. The number of benzene rings is 1. The van der Waals surface area contributed by atoms with Crippen LogP contribution in [0.3, 0.4) is 0 Å². The molecule has 1 aliphatic heterocycles. The van der Waals surface area contributed by atoms with Gasteiger partial charge in [0, 0.05) is 18.8 Å². The smallest absolute Gasteiger partial charge is 0.255 e. The molecular formula is C16H16ClN3O2. The molecule has 0 N–H and O–H groups in total. The molecule has 0 saturated carbocycles. The summed E-state index contributed by atoms with van der Waals surface area (Å²) in [4.78, 5) is 14.4. The zero-order chi connectivity index (χ0) is 15.4. The van der Waals surface area contributed by atoms with Crippen molar-refractivity contribution < 1.29 is 9.53 Å². The molecule has 1 aromatic carbocycles. The van der Waals surface area contributed by atoms with E-state index in [0.29, 0.717) is 29.6 Å². The van der Waals surface area contributed by atoms with Crippen molar-refractivity contribution in [1.29, 1.82) is 0 Å². The van der Waals surface area contributed by atoms with Gasteiger partial charge in [-0.25, -0.2) is 0 Å². The molecule has 2 heterocycles. The van der Waals surface area contributed by atoms with Gasteiger partial charge in [0.05, 0.1) is 17.1 Å². The quantitative estimate of drug-likeness (QED) is 0.873. The molecular weight excluding hydrogens is 302 g/mol. The number of likely N-dealkylation sites (tertiary alicyclic amines) is 1. The number of hydrogen-bond donors (Lipinski definition) is 0. The summed E-state index contributed by atoms with van der Waals surface area (Å²) in [5.41, 5.74) is 0.532. The Kier molecular flexibility index (Phi) is 4.53. The second-order valence-electron chi connectivity index (χ2n) is 5.17. The third kappa shape index (κ3) is 3.36. The van der Waals surface area contributed by atoms with Crippen LogP contribution in [0.2, 0.25) is 5.02 Å². The van der Waals surface area contributed by atoms with Crippen molar-refractivity contribution in [3.05, 3.63) is 53.2 Å². The van der Waals surface area contributed by atoms with Gasteiger partial charge in [-0.1, -0.05) is 23.7 Å². The predicted octanol–water partition coefficient (Wildman–Crippen LogP) is 2.81. The Morgan fingerprint density at radius 1 is 1.27 bits per heavy atom. The Bertz CT molecular complexity index is 651. The van der Waals surface area contributed by atoms with E-state index in [0.717, 1.165) is 12.8 Å². The fraction of sp³-hybridized carbons (Fsp3) is 0.312. The maximum Gasteiger partial charge on any atom is 0.255 e. The Morgan fingerprint density at radius 2 is 2.14 bits per heavy atom. The first-order valence-electron chi connectivity index (χ1n) is 7.22. The first-order chi connectivity index (χ1) is 10.7. The molecule has 0 aliphatic carbocycles. The summed E-state index contributed by atoms with van der Waals surface area (Å²) in [6.07, 6.45) is 3.31. The molecule has 0 radical (unpaired) electrons. The largest absolute Gasteiger partial charge is 0.471 e. The zero-order valence-corrected chi connectivity index (χ0v) is 12.7. The van der Waals surface area contributed by atoms with Gasteiger partial charge in [0.15, 0.2) is 0 Å². The number of amides is 1. The van der Waals surface area contributed by atoms with E-state index in [1.165, 1.54) is 0 Å². The fourth-order valence-corrected chi connectivity index (χ4v) is 2.76. The minimum atomic E-state index is -0.0723. The van der Waals surface area contributed by atoms with Crippen LogP contribution in [0.25, 0.3) is 0 Å². The van der Waals surface area contributed by atoms with E-state index >= 15 is 0 Å². The Labute approximate surface area is 133 Å². The lowest BCUT2D eigenvalue weighted by molar-refractivity contribution is 0.0525. The van der Waals surface area contributed by atoms with Crippen molar-refractivity contribution in [2.75, 3.05) is 13.1 Å². The third-order valence-corrected chi connectivity index (χ3v) is 3.93. The van der Waals surface area contributed by atoms with Gasteiger partial charge in [-0.3, -0.25) is 4.79 Å². The highest BCUT2D eigenvalue weighted by Gasteiger charge is 2.26. The maximum atomic E-state index is 12.6. The van der Waals surface area contributed by atoms with Crippen LogP contribution < -0.4 is 4.74 Å². The maximum absolute atomic E-state index is 12.6. The molecule has 1 unspecified atom stereocenters. The molecule has 2 aromatic rings. The number of ether oxygens (including phenoxy) is 1. The minimum Gasteiger partial charge on any atom is -0.471 e. The first kappa shape index (κ1) is 14.8. The molecule has 0 bridgehead atoms. The van der Waals surface area contributed by atoms with Crippen LogP contribution in [0, 0.1) is 0 Å². The highest BCUT2D eigenvalue weighted by molar-refractivity contribution is 6.33. The highest BCUT2D eigenvalue weighted by atomic mass is 35.5. The van der Waals surface area contributed by atoms with Crippen LogP contribution in [-0.4, -0.2) is 40.2 Å². The van der Waals surface area contributed by atoms with Gasteiger partial charge in [0.2, 0.25) is 5.88 Å². The van der Waals surface area contributed by atoms with E-state index in [1.807, 2.05) is 12.1 Å². The second-order valence-corrected chi connectivity index (χ2v) is 5.58.